The fourth-order valence-electron chi connectivity index (χ4n) is 4.80. The number of nitrogens with one attached hydrogen (secondary N) is 2. The smallest absolute Gasteiger partial charge is 0.355 e. The topological polar surface area (TPSA) is 142 Å². The summed E-state index contributed by atoms with van der Waals surface area (Å²) in [7, 11) is 0. The number of aromatic nitrogens is 5. The number of hydrogen-bond acceptors (Lipinski definition) is 8. The number of nitrogens with zero attached hydrogens (tertiary/aromatic N) is 4. The van der Waals surface area contributed by atoms with Crippen molar-refractivity contribution in [1.82, 2.24) is 24.1 Å². The number of benzene rings is 2. The predicted molar refractivity (Wildman–Crippen MR) is 137 cm³/mol. The van der Waals surface area contributed by atoms with Crippen LogP contribution in [-0.4, -0.2) is 43.8 Å². The first-order chi connectivity index (χ1) is 18.0. The minimum Gasteiger partial charge on any atom is -0.493 e. The van der Waals surface area contributed by atoms with Crippen molar-refractivity contribution in [3.63, 3.8) is 0 Å². The molecule has 4 aromatic rings. The molecule has 4 heterocycles. The van der Waals surface area contributed by atoms with Gasteiger partial charge in [0.15, 0.2) is 5.95 Å². The van der Waals surface area contributed by atoms with Crippen LogP contribution in [0.2, 0.25) is 0 Å². The molecular formula is C26H27N7O4. The highest BCUT2D eigenvalue weighted by Crippen LogP contribution is 2.27. The summed E-state index contributed by atoms with van der Waals surface area (Å²) < 4.78 is 13.9. The first-order valence-electron chi connectivity index (χ1n) is 12.3. The quantitative estimate of drug-likeness (QED) is 0.328. The Labute approximate surface area is 211 Å². The van der Waals surface area contributed by atoms with Crippen molar-refractivity contribution < 1.29 is 9.47 Å². The summed E-state index contributed by atoms with van der Waals surface area (Å²) in [4.78, 5) is 37.9. The lowest BCUT2D eigenvalue weighted by Gasteiger charge is -2.16. The van der Waals surface area contributed by atoms with Gasteiger partial charge in [-0.3, -0.25) is 4.57 Å². The molecular weight excluding hydrogens is 474 g/mol. The van der Waals surface area contributed by atoms with Gasteiger partial charge in [-0.15, -0.1) is 0 Å². The van der Waals surface area contributed by atoms with Gasteiger partial charge in [0.05, 0.1) is 32.5 Å². The molecule has 0 radical (unpaired) electrons. The van der Waals surface area contributed by atoms with Crippen LogP contribution in [0.1, 0.15) is 27.9 Å². The Morgan fingerprint density at radius 3 is 2.22 bits per heavy atom. The van der Waals surface area contributed by atoms with Gasteiger partial charge in [0, 0.05) is 31.5 Å². The first-order valence-corrected chi connectivity index (χ1v) is 12.3. The van der Waals surface area contributed by atoms with Crippen molar-refractivity contribution in [2.45, 2.75) is 32.4 Å². The fraction of sp³-hybridized carbons (Fsp3) is 0.308. The molecule has 2 aromatic carbocycles. The number of imidazole rings is 1. The van der Waals surface area contributed by atoms with E-state index in [1.807, 2.05) is 36.4 Å². The average Bonchev–Trinajstić information content (AvgIpc) is 3.64. The second-order valence-corrected chi connectivity index (χ2v) is 9.22. The standard InChI is InChI=1S/C26H27N7O4/c27-23-29-13-20(30-23)5-8-28-24-31-25(34)33(15-17-2-4-22-19(12-17)7-10-37-22)26(35)32(24)14-16-1-3-21-18(11-16)6-9-36-21/h1-4,11-13H,5-10,14-15H2,(H3,27,29,30)(H,28,31,34). The number of hydrogen-bond donors (Lipinski definition) is 3. The zero-order valence-corrected chi connectivity index (χ0v) is 20.2. The molecule has 11 heteroatoms. The number of fused-ring (bicyclic) bond motifs is 2. The normalized spacial score (nSPS) is 13.6. The summed E-state index contributed by atoms with van der Waals surface area (Å²) in [5.41, 5.74) is 9.43. The molecule has 37 heavy (non-hydrogen) atoms. The molecule has 190 valence electrons. The summed E-state index contributed by atoms with van der Waals surface area (Å²) >= 11 is 0. The van der Waals surface area contributed by atoms with Crippen LogP contribution in [0.15, 0.2) is 52.2 Å². The molecule has 0 spiro atoms. The number of nitrogens with two attached hydrogens (primary N) is 1. The van der Waals surface area contributed by atoms with Gasteiger partial charge in [0.1, 0.15) is 11.5 Å². The van der Waals surface area contributed by atoms with Gasteiger partial charge in [0.25, 0.3) is 0 Å². The van der Waals surface area contributed by atoms with Gasteiger partial charge < -0.3 is 25.5 Å². The molecule has 6 rings (SSSR count). The summed E-state index contributed by atoms with van der Waals surface area (Å²) in [6.07, 6.45) is 3.87. The van der Waals surface area contributed by atoms with Gasteiger partial charge in [-0.05, 0) is 34.4 Å². The maximum Gasteiger partial charge on any atom is 0.355 e. The van der Waals surface area contributed by atoms with Crippen molar-refractivity contribution in [3.05, 3.63) is 91.5 Å². The molecule has 0 aliphatic carbocycles. The molecule has 0 bridgehead atoms. The van der Waals surface area contributed by atoms with E-state index in [9.17, 15) is 9.59 Å². The maximum absolute atomic E-state index is 13.7. The van der Waals surface area contributed by atoms with Crippen molar-refractivity contribution in [2.75, 3.05) is 30.8 Å². The monoisotopic (exact) mass is 501 g/mol. The van der Waals surface area contributed by atoms with E-state index < -0.39 is 11.4 Å². The number of H-pyrrole nitrogens is 1. The number of rotatable bonds is 8. The molecule has 11 nitrogen and oxygen atoms in total. The zero-order chi connectivity index (χ0) is 25.4. The van der Waals surface area contributed by atoms with Gasteiger partial charge in [-0.2, -0.15) is 4.98 Å². The third kappa shape index (κ3) is 4.67. The van der Waals surface area contributed by atoms with Crippen LogP contribution in [0.5, 0.6) is 11.5 Å². The van der Waals surface area contributed by atoms with Gasteiger partial charge in [0.2, 0.25) is 5.95 Å². The highest BCUT2D eigenvalue weighted by Gasteiger charge is 2.18. The molecule has 2 aliphatic rings. The number of anilines is 2. The van der Waals surface area contributed by atoms with Crippen LogP contribution in [0.25, 0.3) is 0 Å². The van der Waals surface area contributed by atoms with E-state index in [4.69, 9.17) is 15.2 Å². The van der Waals surface area contributed by atoms with Crippen molar-refractivity contribution >= 4 is 11.9 Å². The third-order valence-electron chi connectivity index (χ3n) is 6.66. The van der Waals surface area contributed by atoms with Crippen LogP contribution in [0, 0.1) is 0 Å². The van der Waals surface area contributed by atoms with Gasteiger partial charge in [-0.1, -0.05) is 24.3 Å². The molecule has 0 atom stereocenters. The Morgan fingerprint density at radius 1 is 0.946 bits per heavy atom. The number of nitrogen functional groups attached to an aromatic ring is 1. The Bertz CT molecular complexity index is 1590. The van der Waals surface area contributed by atoms with Crippen LogP contribution >= 0.6 is 0 Å². The van der Waals surface area contributed by atoms with Gasteiger partial charge in [-0.25, -0.2) is 19.1 Å². The predicted octanol–water partition coefficient (Wildman–Crippen LogP) is 1.33. The van der Waals surface area contributed by atoms with Gasteiger partial charge >= 0.3 is 11.4 Å². The second-order valence-electron chi connectivity index (χ2n) is 9.22. The lowest BCUT2D eigenvalue weighted by Crippen LogP contribution is -2.43. The van der Waals surface area contributed by atoms with Crippen molar-refractivity contribution in [3.8, 4) is 11.5 Å². The van der Waals surface area contributed by atoms with Crippen LogP contribution in [-0.2, 0) is 32.4 Å². The lowest BCUT2D eigenvalue weighted by atomic mass is 10.1. The molecule has 2 aliphatic heterocycles. The van der Waals surface area contributed by atoms with Crippen molar-refractivity contribution in [2.24, 2.45) is 0 Å². The van der Waals surface area contributed by atoms with E-state index in [0.29, 0.717) is 32.1 Å². The minimum atomic E-state index is -0.603. The zero-order valence-electron chi connectivity index (χ0n) is 20.2. The molecule has 0 saturated heterocycles. The second kappa shape index (κ2) is 9.49. The molecule has 0 amide bonds. The Balaban J connectivity index is 1.32. The SMILES string of the molecule is Nc1ncc(CCNc2nc(=O)n(Cc3ccc4c(c3)CCO4)c(=O)n2Cc2ccc3c(c2)CCO3)[nH]1. The third-order valence-corrected chi connectivity index (χ3v) is 6.66. The summed E-state index contributed by atoms with van der Waals surface area (Å²) in [6.45, 7) is 2.12. The minimum absolute atomic E-state index is 0.129. The summed E-state index contributed by atoms with van der Waals surface area (Å²) in [6, 6.07) is 11.7. The van der Waals surface area contributed by atoms with Crippen LogP contribution < -0.4 is 31.9 Å². The number of ether oxygens (including phenoxy) is 2. The first kappa shape index (κ1) is 22.9. The largest absolute Gasteiger partial charge is 0.493 e. The van der Waals surface area contributed by atoms with Crippen LogP contribution in [0.3, 0.4) is 0 Å². The maximum atomic E-state index is 13.7. The van der Waals surface area contributed by atoms with E-state index in [0.717, 1.165) is 52.3 Å². The number of aromatic amines is 1. The summed E-state index contributed by atoms with van der Waals surface area (Å²) in [5.74, 6) is 2.28. The Kier molecular flexibility index (Phi) is 5.87. The molecule has 2 aromatic heterocycles. The molecule has 4 N–H and O–H groups in total. The Hall–Kier alpha value is -4.54. The molecule has 0 fully saturated rings. The molecule has 0 saturated carbocycles. The lowest BCUT2D eigenvalue weighted by molar-refractivity contribution is 0.356. The van der Waals surface area contributed by atoms with E-state index in [-0.39, 0.29) is 19.0 Å². The fourth-order valence-corrected chi connectivity index (χ4v) is 4.80. The highest BCUT2D eigenvalue weighted by atomic mass is 16.5. The van der Waals surface area contributed by atoms with E-state index in [2.05, 4.69) is 20.3 Å². The van der Waals surface area contributed by atoms with E-state index >= 15 is 0 Å². The Morgan fingerprint density at radius 2 is 1.59 bits per heavy atom. The van der Waals surface area contributed by atoms with Crippen molar-refractivity contribution in [1.29, 1.82) is 0 Å². The highest BCUT2D eigenvalue weighted by molar-refractivity contribution is 5.41. The van der Waals surface area contributed by atoms with Crippen LogP contribution in [0.4, 0.5) is 11.9 Å². The van der Waals surface area contributed by atoms with E-state index in [1.54, 1.807) is 6.20 Å². The molecule has 0 unspecified atom stereocenters. The average molecular weight is 502 g/mol. The summed E-state index contributed by atoms with van der Waals surface area (Å²) in [5, 5.41) is 3.16. The van der Waals surface area contributed by atoms with E-state index in [1.165, 1.54) is 9.13 Å².